The zero-order valence-electron chi connectivity index (χ0n) is 12.3. The zero-order chi connectivity index (χ0) is 14.5. The van der Waals surface area contributed by atoms with Crippen LogP contribution >= 0.6 is 11.3 Å². The fourth-order valence-electron chi connectivity index (χ4n) is 2.49. The molecule has 2 heterocycles. The number of rotatable bonds is 4. The van der Waals surface area contributed by atoms with E-state index in [1.807, 2.05) is 18.7 Å². The van der Waals surface area contributed by atoms with Crippen LogP contribution in [0, 0.1) is 6.92 Å². The molecule has 6 heteroatoms. The summed E-state index contributed by atoms with van der Waals surface area (Å²) in [4.78, 5) is 20.9. The second-order valence-corrected chi connectivity index (χ2v) is 6.61. The van der Waals surface area contributed by atoms with E-state index in [2.05, 4.69) is 15.3 Å². The first kappa shape index (κ1) is 15.4. The molecule has 112 valence electrons. The van der Waals surface area contributed by atoms with Gasteiger partial charge < -0.3 is 10.6 Å². The number of aryl methyl sites for hydroxylation is 1. The molecule has 1 aliphatic heterocycles. The number of thiazole rings is 1. The van der Waals surface area contributed by atoms with Crippen molar-refractivity contribution in [3.05, 3.63) is 16.1 Å². The highest BCUT2D eigenvalue weighted by molar-refractivity contribution is 7.09. The molecule has 5 nitrogen and oxygen atoms in total. The molecule has 0 radical (unpaired) electrons. The topological polar surface area (TPSA) is 62.5 Å². The highest BCUT2D eigenvalue weighted by Crippen LogP contribution is 2.13. The van der Waals surface area contributed by atoms with E-state index < -0.39 is 0 Å². The lowest BCUT2D eigenvalue weighted by Crippen LogP contribution is -2.37. The van der Waals surface area contributed by atoms with E-state index in [0.717, 1.165) is 49.8 Å². The van der Waals surface area contributed by atoms with Gasteiger partial charge in [-0.25, -0.2) is 4.98 Å². The van der Waals surface area contributed by atoms with E-state index in [4.69, 9.17) is 5.73 Å². The van der Waals surface area contributed by atoms with Crippen molar-refractivity contribution in [2.45, 2.75) is 39.3 Å². The quantitative estimate of drug-likeness (QED) is 0.907. The molecule has 1 fully saturated rings. The third-order valence-electron chi connectivity index (χ3n) is 3.49. The normalized spacial score (nSPS) is 18.9. The third kappa shape index (κ3) is 4.54. The molecular weight excluding hydrogens is 272 g/mol. The maximum atomic E-state index is 12.0. The first-order valence-corrected chi connectivity index (χ1v) is 8.09. The van der Waals surface area contributed by atoms with Gasteiger partial charge in [-0.15, -0.1) is 11.3 Å². The Balaban J connectivity index is 1.84. The molecule has 1 saturated heterocycles. The van der Waals surface area contributed by atoms with Crippen molar-refractivity contribution in [3.63, 3.8) is 0 Å². The molecule has 1 unspecified atom stereocenters. The van der Waals surface area contributed by atoms with Crippen LogP contribution in [-0.2, 0) is 11.3 Å². The smallest absolute Gasteiger partial charge is 0.224 e. The number of carbonyl (C=O) groups is 1. The van der Waals surface area contributed by atoms with Gasteiger partial charge in [-0.2, -0.15) is 0 Å². The summed E-state index contributed by atoms with van der Waals surface area (Å²) in [5, 5.41) is 3.24. The monoisotopic (exact) mass is 296 g/mol. The van der Waals surface area contributed by atoms with Crippen LogP contribution in [-0.4, -0.2) is 52.9 Å². The van der Waals surface area contributed by atoms with E-state index in [0.29, 0.717) is 6.42 Å². The lowest BCUT2D eigenvalue weighted by atomic mass is 10.2. The number of aromatic nitrogens is 1. The Morgan fingerprint density at radius 2 is 2.25 bits per heavy atom. The van der Waals surface area contributed by atoms with Crippen LogP contribution < -0.4 is 5.73 Å². The number of carbonyl (C=O) groups excluding carboxylic acids is 1. The summed E-state index contributed by atoms with van der Waals surface area (Å²) in [5.41, 5.74) is 6.85. The van der Waals surface area contributed by atoms with Gasteiger partial charge in [-0.05, 0) is 20.3 Å². The minimum absolute atomic E-state index is 0.0557. The van der Waals surface area contributed by atoms with Gasteiger partial charge in [0.15, 0.2) is 0 Å². The van der Waals surface area contributed by atoms with Crippen molar-refractivity contribution in [1.82, 2.24) is 14.8 Å². The summed E-state index contributed by atoms with van der Waals surface area (Å²) in [5.74, 6) is 0.186. The predicted molar refractivity (Wildman–Crippen MR) is 81.6 cm³/mol. The first-order valence-electron chi connectivity index (χ1n) is 7.21. The molecule has 2 N–H and O–H groups in total. The van der Waals surface area contributed by atoms with Crippen molar-refractivity contribution >= 4 is 17.2 Å². The van der Waals surface area contributed by atoms with Gasteiger partial charge in [-0.1, -0.05) is 0 Å². The van der Waals surface area contributed by atoms with Crippen LogP contribution in [0.2, 0.25) is 0 Å². The molecule has 1 amide bonds. The van der Waals surface area contributed by atoms with Crippen LogP contribution in [0.1, 0.15) is 30.5 Å². The number of amides is 1. The summed E-state index contributed by atoms with van der Waals surface area (Å²) in [6, 6.07) is -0.0557. The van der Waals surface area contributed by atoms with E-state index >= 15 is 0 Å². The Morgan fingerprint density at radius 3 is 2.90 bits per heavy atom. The minimum atomic E-state index is -0.0557. The predicted octanol–water partition coefficient (Wildman–Crippen LogP) is 1.22. The van der Waals surface area contributed by atoms with Gasteiger partial charge >= 0.3 is 0 Å². The van der Waals surface area contributed by atoms with Crippen molar-refractivity contribution in [2.24, 2.45) is 5.73 Å². The molecule has 1 aromatic heterocycles. The Morgan fingerprint density at radius 1 is 1.45 bits per heavy atom. The molecule has 0 bridgehead atoms. The lowest BCUT2D eigenvalue weighted by molar-refractivity contribution is -0.131. The summed E-state index contributed by atoms with van der Waals surface area (Å²) in [6.45, 7) is 8.39. The molecule has 0 aliphatic carbocycles. The third-order valence-corrected chi connectivity index (χ3v) is 4.31. The average Bonchev–Trinajstić information content (AvgIpc) is 2.63. The van der Waals surface area contributed by atoms with Crippen LogP contribution in [0.15, 0.2) is 5.38 Å². The number of hydrogen-bond acceptors (Lipinski definition) is 5. The fourth-order valence-corrected chi connectivity index (χ4v) is 3.10. The molecular formula is C14H24N4OS. The zero-order valence-corrected chi connectivity index (χ0v) is 13.2. The second-order valence-electron chi connectivity index (χ2n) is 5.55. The summed E-state index contributed by atoms with van der Waals surface area (Å²) < 4.78 is 0. The highest BCUT2D eigenvalue weighted by atomic mass is 32.1. The van der Waals surface area contributed by atoms with Crippen LogP contribution in [0.5, 0.6) is 0 Å². The summed E-state index contributed by atoms with van der Waals surface area (Å²) in [7, 11) is 0. The van der Waals surface area contributed by atoms with Gasteiger partial charge in [0.05, 0.1) is 10.7 Å². The molecule has 1 aliphatic rings. The van der Waals surface area contributed by atoms with Gasteiger partial charge in [0, 0.05) is 50.6 Å². The maximum absolute atomic E-state index is 12.0. The standard InChI is InChI=1S/C14H24N4OS/c1-11(15)8-14(19)18-5-3-4-17(6-7-18)9-13-10-20-12(2)16-13/h10-11H,3-9,15H2,1-2H3. The highest BCUT2D eigenvalue weighted by Gasteiger charge is 2.20. The number of nitrogens with zero attached hydrogens (tertiary/aromatic N) is 3. The van der Waals surface area contributed by atoms with Crippen LogP contribution in [0.4, 0.5) is 0 Å². The van der Waals surface area contributed by atoms with Crippen molar-refractivity contribution in [1.29, 1.82) is 0 Å². The van der Waals surface area contributed by atoms with Crippen molar-refractivity contribution in [3.8, 4) is 0 Å². The fraction of sp³-hybridized carbons (Fsp3) is 0.714. The minimum Gasteiger partial charge on any atom is -0.341 e. The average molecular weight is 296 g/mol. The van der Waals surface area contributed by atoms with Crippen molar-refractivity contribution in [2.75, 3.05) is 26.2 Å². The van der Waals surface area contributed by atoms with E-state index in [1.165, 1.54) is 0 Å². The number of hydrogen-bond donors (Lipinski definition) is 1. The number of nitrogens with two attached hydrogens (primary N) is 1. The van der Waals surface area contributed by atoms with E-state index in [9.17, 15) is 4.79 Å². The second kappa shape index (κ2) is 7.15. The van der Waals surface area contributed by atoms with E-state index in [1.54, 1.807) is 11.3 Å². The molecule has 2 rings (SSSR count). The van der Waals surface area contributed by atoms with Crippen LogP contribution in [0.25, 0.3) is 0 Å². The van der Waals surface area contributed by atoms with Crippen molar-refractivity contribution < 1.29 is 4.79 Å². The van der Waals surface area contributed by atoms with Gasteiger partial charge in [0.25, 0.3) is 0 Å². The van der Waals surface area contributed by atoms with Gasteiger partial charge in [0.1, 0.15) is 0 Å². The molecule has 1 aromatic rings. The molecule has 20 heavy (non-hydrogen) atoms. The van der Waals surface area contributed by atoms with Gasteiger partial charge in [0.2, 0.25) is 5.91 Å². The first-order chi connectivity index (χ1) is 9.54. The van der Waals surface area contributed by atoms with E-state index in [-0.39, 0.29) is 11.9 Å². The van der Waals surface area contributed by atoms with Gasteiger partial charge in [-0.3, -0.25) is 9.69 Å². The Hall–Kier alpha value is -0.980. The molecule has 0 aromatic carbocycles. The Kier molecular flexibility index (Phi) is 5.51. The summed E-state index contributed by atoms with van der Waals surface area (Å²) in [6.07, 6.45) is 1.47. The molecule has 1 atom stereocenters. The largest absolute Gasteiger partial charge is 0.341 e. The summed E-state index contributed by atoms with van der Waals surface area (Å²) >= 11 is 1.69. The Labute approximate surface area is 124 Å². The lowest BCUT2D eigenvalue weighted by Gasteiger charge is -2.22. The van der Waals surface area contributed by atoms with Crippen LogP contribution in [0.3, 0.4) is 0 Å². The Bertz CT molecular complexity index is 446. The molecule has 0 saturated carbocycles. The SMILES string of the molecule is Cc1nc(CN2CCCN(C(=O)CC(C)N)CC2)cs1. The maximum Gasteiger partial charge on any atom is 0.224 e. The molecule has 0 spiro atoms.